The second kappa shape index (κ2) is 10.3. The number of aromatic nitrogens is 4. The van der Waals surface area contributed by atoms with Crippen LogP contribution in [0.2, 0.25) is 0 Å². The maximum Gasteiger partial charge on any atom is 0.261 e. The molecule has 1 aliphatic rings. The van der Waals surface area contributed by atoms with Crippen molar-refractivity contribution in [3.8, 4) is 17.2 Å². The van der Waals surface area contributed by atoms with Gasteiger partial charge in [0.15, 0.2) is 0 Å². The van der Waals surface area contributed by atoms with Gasteiger partial charge in [0.1, 0.15) is 11.4 Å². The maximum atomic E-state index is 13.0. The van der Waals surface area contributed by atoms with Crippen molar-refractivity contribution in [2.75, 3.05) is 68.2 Å². The number of carbonyl (C=O) groups excluding carboxylic acids is 1. The summed E-state index contributed by atoms with van der Waals surface area (Å²) < 4.78 is 1.38. The van der Waals surface area contributed by atoms with Crippen LogP contribution in [-0.4, -0.2) is 77.9 Å². The van der Waals surface area contributed by atoms with Gasteiger partial charge in [0.2, 0.25) is 0 Å². The summed E-state index contributed by atoms with van der Waals surface area (Å²) in [5.41, 5.74) is 11.2. The lowest BCUT2D eigenvalue weighted by molar-refractivity contribution is 0.102. The Morgan fingerprint density at radius 3 is 2.35 bits per heavy atom. The molecular formula is C27H31N9O. The smallest absolute Gasteiger partial charge is 0.261 e. The topological polar surface area (TPSA) is 108 Å². The summed E-state index contributed by atoms with van der Waals surface area (Å²) in [6, 6.07) is 17.7. The molecule has 10 nitrogen and oxygen atoms in total. The minimum Gasteiger partial charge on any atom is -0.383 e. The number of nitrogens with zero attached hydrogens (tertiary/aromatic N) is 7. The van der Waals surface area contributed by atoms with Crippen molar-refractivity contribution in [3.63, 3.8) is 0 Å². The largest absolute Gasteiger partial charge is 0.383 e. The third-order valence-corrected chi connectivity index (χ3v) is 6.56. The van der Waals surface area contributed by atoms with Gasteiger partial charge in [-0.2, -0.15) is 9.78 Å². The molecule has 3 heterocycles. The van der Waals surface area contributed by atoms with Gasteiger partial charge in [-0.25, -0.2) is 9.97 Å². The first-order chi connectivity index (χ1) is 17.9. The van der Waals surface area contributed by atoms with Gasteiger partial charge in [-0.05, 0) is 49.5 Å². The molecular weight excluding hydrogens is 466 g/mol. The third-order valence-electron chi connectivity index (χ3n) is 6.56. The van der Waals surface area contributed by atoms with Crippen LogP contribution in [-0.2, 0) is 0 Å². The van der Waals surface area contributed by atoms with Crippen LogP contribution < -0.4 is 20.9 Å². The molecule has 2 aromatic heterocycles. The van der Waals surface area contributed by atoms with Crippen LogP contribution in [0.15, 0.2) is 67.0 Å². The molecule has 0 spiro atoms. The number of likely N-dealkylation sites (N-methyl/N-ethyl adjacent to an activating group) is 1. The predicted octanol–water partition coefficient (Wildman–Crippen LogP) is 2.98. The number of nitrogen functional groups attached to an aromatic ring is 1. The van der Waals surface area contributed by atoms with Crippen molar-refractivity contribution >= 4 is 28.8 Å². The number of piperazine rings is 1. The Hall–Kier alpha value is -4.44. The zero-order chi connectivity index (χ0) is 25.9. The van der Waals surface area contributed by atoms with E-state index in [1.165, 1.54) is 10.9 Å². The zero-order valence-corrected chi connectivity index (χ0v) is 21.3. The molecule has 0 aliphatic carbocycles. The van der Waals surface area contributed by atoms with E-state index in [1.54, 1.807) is 6.20 Å². The highest BCUT2D eigenvalue weighted by molar-refractivity contribution is 6.07. The highest BCUT2D eigenvalue weighted by Gasteiger charge is 2.19. The Labute approximate surface area is 216 Å². The number of hydrogen-bond donors (Lipinski definition) is 2. The average molecular weight is 498 g/mol. The van der Waals surface area contributed by atoms with Crippen LogP contribution >= 0.6 is 0 Å². The van der Waals surface area contributed by atoms with Crippen molar-refractivity contribution < 1.29 is 4.79 Å². The predicted molar refractivity (Wildman–Crippen MR) is 147 cm³/mol. The highest BCUT2D eigenvalue weighted by atomic mass is 16.1. The first-order valence-corrected chi connectivity index (χ1v) is 12.2. The molecule has 0 unspecified atom stereocenters. The summed E-state index contributed by atoms with van der Waals surface area (Å²) in [6.45, 7) is 4.05. The van der Waals surface area contributed by atoms with Crippen molar-refractivity contribution in [3.05, 3.63) is 72.6 Å². The molecule has 0 bridgehead atoms. The lowest BCUT2D eigenvalue weighted by Crippen LogP contribution is -2.44. The van der Waals surface area contributed by atoms with Gasteiger partial charge in [0, 0.05) is 69.1 Å². The summed E-state index contributed by atoms with van der Waals surface area (Å²) in [4.78, 5) is 28.6. The molecule has 5 rings (SSSR count). The van der Waals surface area contributed by atoms with Gasteiger partial charge >= 0.3 is 0 Å². The van der Waals surface area contributed by atoms with Gasteiger partial charge in [0.05, 0.1) is 11.9 Å². The Bertz CT molecular complexity index is 1370. The van der Waals surface area contributed by atoms with E-state index in [0.717, 1.165) is 48.8 Å². The molecule has 1 aliphatic heterocycles. The molecule has 3 N–H and O–H groups in total. The third kappa shape index (κ3) is 5.24. The number of carbonyl (C=O) groups is 1. The average Bonchev–Trinajstić information content (AvgIpc) is 3.31. The number of nitrogens with one attached hydrogen (secondary N) is 1. The molecule has 4 aromatic rings. The summed E-state index contributed by atoms with van der Waals surface area (Å²) >= 11 is 0. The molecule has 37 heavy (non-hydrogen) atoms. The summed E-state index contributed by atoms with van der Waals surface area (Å²) in [5.74, 6) is 0.125. The molecule has 0 radical (unpaired) electrons. The van der Waals surface area contributed by atoms with Gasteiger partial charge < -0.3 is 25.8 Å². The summed E-state index contributed by atoms with van der Waals surface area (Å²) in [5, 5.41) is 7.20. The van der Waals surface area contributed by atoms with Crippen LogP contribution in [0.4, 0.5) is 22.9 Å². The van der Waals surface area contributed by atoms with Crippen LogP contribution in [0.3, 0.4) is 0 Å². The lowest BCUT2D eigenvalue weighted by Gasteiger charge is -2.34. The summed E-state index contributed by atoms with van der Waals surface area (Å²) in [7, 11) is 6.13. The minimum atomic E-state index is -0.341. The molecule has 2 aromatic carbocycles. The Morgan fingerprint density at radius 2 is 1.68 bits per heavy atom. The molecule has 1 fully saturated rings. The van der Waals surface area contributed by atoms with Gasteiger partial charge in [-0.3, -0.25) is 4.79 Å². The fraction of sp³-hybridized carbons (Fsp3) is 0.259. The van der Waals surface area contributed by atoms with Gasteiger partial charge in [-0.15, -0.1) is 0 Å². The van der Waals surface area contributed by atoms with E-state index in [1.807, 2.05) is 73.6 Å². The van der Waals surface area contributed by atoms with E-state index in [-0.39, 0.29) is 17.3 Å². The van der Waals surface area contributed by atoms with E-state index in [4.69, 9.17) is 5.73 Å². The number of hydrogen-bond acceptors (Lipinski definition) is 8. The fourth-order valence-corrected chi connectivity index (χ4v) is 4.25. The SMILES string of the molecule is CN1CCN(c2ccc(NC(=O)c3cnn(-c4nccc(-c5ccc(N(C)C)cc5)n4)c3N)cc2)CC1. The second-order valence-corrected chi connectivity index (χ2v) is 9.33. The maximum absolute atomic E-state index is 13.0. The normalized spacial score (nSPS) is 14.0. The molecule has 0 saturated carbocycles. The minimum absolute atomic E-state index is 0.173. The van der Waals surface area contributed by atoms with Crippen molar-refractivity contribution in [2.45, 2.75) is 0 Å². The molecule has 0 atom stereocenters. The number of anilines is 4. The van der Waals surface area contributed by atoms with Crippen molar-refractivity contribution in [2.24, 2.45) is 0 Å². The molecule has 1 saturated heterocycles. The molecule has 1 amide bonds. The Kier molecular flexibility index (Phi) is 6.74. The second-order valence-electron chi connectivity index (χ2n) is 9.33. The number of rotatable bonds is 6. The Morgan fingerprint density at radius 1 is 0.973 bits per heavy atom. The first kappa shape index (κ1) is 24.3. The van der Waals surface area contributed by atoms with Crippen LogP contribution in [0.5, 0.6) is 0 Å². The highest BCUT2D eigenvalue weighted by Crippen LogP contribution is 2.24. The quantitative estimate of drug-likeness (QED) is 0.419. The van der Waals surface area contributed by atoms with Crippen molar-refractivity contribution in [1.82, 2.24) is 24.6 Å². The van der Waals surface area contributed by atoms with E-state index < -0.39 is 0 Å². The van der Waals surface area contributed by atoms with E-state index in [0.29, 0.717) is 11.6 Å². The van der Waals surface area contributed by atoms with E-state index >= 15 is 0 Å². The van der Waals surface area contributed by atoms with E-state index in [2.05, 4.69) is 37.2 Å². The standard InChI is InChI=1S/C27H31N9O/c1-33(2)21-8-4-19(5-9-21)24-12-13-29-27(32-24)36-25(28)23(18-30-36)26(37)31-20-6-10-22(11-7-20)35-16-14-34(3)15-17-35/h4-13,18H,14-17,28H2,1-3H3,(H,31,37). The van der Waals surface area contributed by atoms with Crippen LogP contribution in [0.25, 0.3) is 17.2 Å². The lowest BCUT2D eigenvalue weighted by atomic mass is 10.1. The molecule has 190 valence electrons. The number of nitrogens with two attached hydrogens (primary N) is 1. The molecule has 10 heteroatoms. The van der Waals surface area contributed by atoms with Crippen molar-refractivity contribution in [1.29, 1.82) is 0 Å². The van der Waals surface area contributed by atoms with Crippen LogP contribution in [0, 0.1) is 0 Å². The number of benzene rings is 2. The summed E-state index contributed by atoms with van der Waals surface area (Å²) in [6.07, 6.45) is 3.09. The van der Waals surface area contributed by atoms with Crippen LogP contribution in [0.1, 0.15) is 10.4 Å². The first-order valence-electron chi connectivity index (χ1n) is 12.2. The van der Waals surface area contributed by atoms with Gasteiger partial charge in [-0.1, -0.05) is 12.1 Å². The zero-order valence-electron chi connectivity index (χ0n) is 21.3. The Balaban J connectivity index is 1.30. The fourth-order valence-electron chi connectivity index (χ4n) is 4.25. The number of amides is 1. The van der Waals surface area contributed by atoms with E-state index in [9.17, 15) is 4.79 Å². The monoisotopic (exact) mass is 497 g/mol. The van der Waals surface area contributed by atoms with Gasteiger partial charge in [0.25, 0.3) is 11.9 Å².